The number of nitrogens with one attached hydrogen (secondary N) is 1. The summed E-state index contributed by atoms with van der Waals surface area (Å²) in [6, 6.07) is 22.7. The monoisotopic (exact) mass is 411 g/mol. The Bertz CT molecular complexity index is 1460. The van der Waals surface area contributed by atoms with Crippen molar-refractivity contribution < 1.29 is 9.21 Å². The molecule has 0 bridgehead atoms. The molecule has 0 aliphatic carbocycles. The van der Waals surface area contributed by atoms with Gasteiger partial charge in [-0.3, -0.25) is 14.9 Å². The first kappa shape index (κ1) is 18.3. The van der Waals surface area contributed by atoms with E-state index in [4.69, 9.17) is 4.42 Å². The summed E-state index contributed by atoms with van der Waals surface area (Å²) in [5, 5.41) is 7.10. The van der Waals surface area contributed by atoms with Crippen molar-refractivity contribution in [2.45, 2.75) is 6.92 Å². The number of aryl methyl sites for hydroxylation is 1. The van der Waals surface area contributed by atoms with Crippen LogP contribution in [0.2, 0.25) is 0 Å². The molecule has 0 unspecified atom stereocenters. The Labute approximate surface area is 176 Å². The van der Waals surface area contributed by atoms with Crippen LogP contribution in [0.5, 0.6) is 0 Å². The summed E-state index contributed by atoms with van der Waals surface area (Å²) in [4.78, 5) is 26.9. The summed E-state index contributed by atoms with van der Waals surface area (Å²) in [5.74, 6) is -0.140. The maximum absolute atomic E-state index is 13.6. The van der Waals surface area contributed by atoms with E-state index in [2.05, 4.69) is 5.32 Å². The van der Waals surface area contributed by atoms with E-state index in [1.165, 1.54) is 11.3 Å². The van der Waals surface area contributed by atoms with Crippen molar-refractivity contribution in [2.75, 3.05) is 5.32 Å². The molecule has 0 fully saturated rings. The molecule has 30 heavy (non-hydrogen) atoms. The van der Waals surface area contributed by atoms with Gasteiger partial charge in [0.2, 0.25) is 11.3 Å². The summed E-state index contributed by atoms with van der Waals surface area (Å²) in [6.45, 7) is 1.88. The molecule has 2 aromatic heterocycles. The van der Waals surface area contributed by atoms with E-state index in [9.17, 15) is 9.59 Å². The van der Waals surface area contributed by atoms with Crippen LogP contribution in [0.4, 0.5) is 5.88 Å². The molecule has 1 N–H and O–H groups in total. The number of benzene rings is 3. The number of rotatable bonds is 3. The molecule has 2 heterocycles. The minimum atomic E-state index is -0.303. The summed E-state index contributed by atoms with van der Waals surface area (Å²) >= 11 is 1.33. The molecular formula is C25H17NO3S. The standard InChI is InChI=1S/C25H17NO3S/c1-15-7-4-12-19-22(27)21(18-11-5-9-16-8-2-3-10-17(16)18)25(29-23(15)19)26-24(28)20-13-6-14-30-20/h2-14H,1H3,(H,26,28). The zero-order valence-electron chi connectivity index (χ0n) is 16.1. The van der Waals surface area contributed by atoms with Crippen molar-refractivity contribution in [3.63, 3.8) is 0 Å². The molecular weight excluding hydrogens is 394 g/mol. The van der Waals surface area contributed by atoms with Crippen LogP contribution >= 0.6 is 11.3 Å². The molecule has 0 spiro atoms. The zero-order valence-corrected chi connectivity index (χ0v) is 17.0. The molecule has 0 aliphatic rings. The molecule has 5 aromatic rings. The molecule has 5 heteroatoms. The van der Waals surface area contributed by atoms with E-state index >= 15 is 0 Å². The first-order chi connectivity index (χ1) is 14.6. The Morgan fingerprint density at radius 2 is 1.67 bits per heavy atom. The van der Waals surface area contributed by atoms with Gasteiger partial charge in [-0.2, -0.15) is 0 Å². The zero-order chi connectivity index (χ0) is 20.7. The molecule has 146 valence electrons. The number of thiophene rings is 1. The Balaban J connectivity index is 1.82. The fourth-order valence-electron chi connectivity index (χ4n) is 3.71. The van der Waals surface area contributed by atoms with Crippen molar-refractivity contribution in [3.8, 4) is 11.1 Å². The van der Waals surface area contributed by atoms with Crippen molar-refractivity contribution >= 4 is 44.9 Å². The molecule has 0 aliphatic heterocycles. The number of fused-ring (bicyclic) bond motifs is 2. The summed E-state index contributed by atoms with van der Waals surface area (Å²) in [5.41, 5.74) is 2.23. The van der Waals surface area contributed by atoms with Crippen LogP contribution in [0.15, 0.2) is 87.4 Å². The number of anilines is 1. The van der Waals surface area contributed by atoms with Gasteiger partial charge in [0.25, 0.3) is 5.91 Å². The third-order valence-corrected chi connectivity index (χ3v) is 6.01. The van der Waals surface area contributed by atoms with Crippen LogP contribution in [-0.4, -0.2) is 5.91 Å². The van der Waals surface area contributed by atoms with Gasteiger partial charge in [-0.05, 0) is 46.3 Å². The van der Waals surface area contributed by atoms with Gasteiger partial charge in [0.15, 0.2) is 0 Å². The van der Waals surface area contributed by atoms with Gasteiger partial charge >= 0.3 is 0 Å². The molecule has 4 nitrogen and oxygen atoms in total. The molecule has 0 saturated carbocycles. The Morgan fingerprint density at radius 3 is 2.50 bits per heavy atom. The van der Waals surface area contributed by atoms with Crippen molar-refractivity contribution in [1.29, 1.82) is 0 Å². The van der Waals surface area contributed by atoms with E-state index in [0.717, 1.165) is 21.9 Å². The lowest BCUT2D eigenvalue weighted by Gasteiger charge is -2.13. The lowest BCUT2D eigenvalue weighted by Crippen LogP contribution is -2.16. The van der Waals surface area contributed by atoms with Crippen LogP contribution in [0, 0.1) is 6.92 Å². The fourth-order valence-corrected chi connectivity index (χ4v) is 4.33. The second-order valence-electron chi connectivity index (χ2n) is 7.05. The predicted octanol–water partition coefficient (Wildman–Crippen LogP) is 6.24. The van der Waals surface area contributed by atoms with E-state index in [1.54, 1.807) is 12.1 Å². The predicted molar refractivity (Wildman–Crippen MR) is 122 cm³/mol. The number of carbonyl (C=O) groups is 1. The topological polar surface area (TPSA) is 59.3 Å². The average Bonchev–Trinajstić information content (AvgIpc) is 3.30. The van der Waals surface area contributed by atoms with E-state index in [-0.39, 0.29) is 17.2 Å². The quantitative estimate of drug-likeness (QED) is 0.382. The average molecular weight is 411 g/mol. The highest BCUT2D eigenvalue weighted by Gasteiger charge is 2.21. The lowest BCUT2D eigenvalue weighted by atomic mass is 9.97. The second-order valence-corrected chi connectivity index (χ2v) is 7.99. The highest BCUT2D eigenvalue weighted by Crippen LogP contribution is 2.34. The minimum absolute atomic E-state index is 0.163. The van der Waals surface area contributed by atoms with Gasteiger partial charge in [0, 0.05) is 0 Å². The fraction of sp³-hybridized carbons (Fsp3) is 0.0400. The highest BCUT2D eigenvalue weighted by molar-refractivity contribution is 7.12. The normalized spacial score (nSPS) is 11.1. The number of para-hydroxylation sites is 1. The Kier molecular flexibility index (Phi) is 4.45. The molecule has 0 radical (unpaired) electrons. The van der Waals surface area contributed by atoms with Gasteiger partial charge in [0.1, 0.15) is 5.58 Å². The van der Waals surface area contributed by atoms with E-state index < -0.39 is 0 Å². The maximum atomic E-state index is 13.6. The van der Waals surface area contributed by atoms with Crippen molar-refractivity contribution in [1.82, 2.24) is 0 Å². The molecule has 5 rings (SSSR count). The molecule has 0 atom stereocenters. The van der Waals surface area contributed by atoms with E-state index in [1.807, 2.05) is 73.0 Å². The Morgan fingerprint density at radius 1 is 0.900 bits per heavy atom. The van der Waals surface area contributed by atoms with Crippen molar-refractivity contribution in [3.05, 3.63) is 98.8 Å². The lowest BCUT2D eigenvalue weighted by molar-refractivity contribution is 0.102. The highest BCUT2D eigenvalue weighted by atomic mass is 32.1. The van der Waals surface area contributed by atoms with Crippen LogP contribution in [0.3, 0.4) is 0 Å². The molecule has 1 amide bonds. The van der Waals surface area contributed by atoms with Crippen molar-refractivity contribution in [2.24, 2.45) is 0 Å². The Hall–Kier alpha value is -3.70. The maximum Gasteiger partial charge on any atom is 0.268 e. The SMILES string of the molecule is Cc1cccc2c(=O)c(-c3cccc4ccccc34)c(NC(=O)c3cccs3)oc12. The van der Waals surface area contributed by atoms with Gasteiger partial charge in [-0.25, -0.2) is 0 Å². The van der Waals surface area contributed by atoms with Crippen LogP contribution in [-0.2, 0) is 0 Å². The minimum Gasteiger partial charge on any atom is -0.439 e. The third-order valence-electron chi connectivity index (χ3n) is 5.15. The third kappa shape index (κ3) is 3.00. The second kappa shape index (κ2) is 7.28. The first-order valence-electron chi connectivity index (χ1n) is 9.53. The largest absolute Gasteiger partial charge is 0.439 e. The van der Waals surface area contributed by atoms with E-state index in [0.29, 0.717) is 21.4 Å². The van der Waals surface area contributed by atoms with Crippen LogP contribution in [0.25, 0.3) is 32.9 Å². The number of hydrogen-bond acceptors (Lipinski definition) is 4. The number of amides is 1. The van der Waals surface area contributed by atoms with Crippen LogP contribution < -0.4 is 10.7 Å². The summed E-state index contributed by atoms with van der Waals surface area (Å²) in [7, 11) is 0. The molecule has 3 aromatic carbocycles. The van der Waals surface area contributed by atoms with Gasteiger partial charge < -0.3 is 4.42 Å². The first-order valence-corrected chi connectivity index (χ1v) is 10.4. The summed E-state index contributed by atoms with van der Waals surface area (Å²) < 4.78 is 6.15. The number of carbonyl (C=O) groups excluding carboxylic acids is 1. The number of hydrogen-bond donors (Lipinski definition) is 1. The van der Waals surface area contributed by atoms with Gasteiger partial charge in [0.05, 0.1) is 15.8 Å². The van der Waals surface area contributed by atoms with Gasteiger partial charge in [-0.1, -0.05) is 60.7 Å². The smallest absolute Gasteiger partial charge is 0.268 e. The molecule has 0 saturated heterocycles. The summed E-state index contributed by atoms with van der Waals surface area (Å²) in [6.07, 6.45) is 0. The van der Waals surface area contributed by atoms with Gasteiger partial charge in [-0.15, -0.1) is 11.3 Å². The van der Waals surface area contributed by atoms with Crippen LogP contribution in [0.1, 0.15) is 15.2 Å².